The van der Waals surface area contributed by atoms with Crippen LogP contribution in [0.1, 0.15) is 57.3 Å². The van der Waals surface area contributed by atoms with Gasteiger partial charge in [0.25, 0.3) is 0 Å². The zero-order valence-corrected chi connectivity index (χ0v) is 11.2. The van der Waals surface area contributed by atoms with E-state index in [2.05, 4.69) is 37.8 Å². The molecular weight excluding hydrogens is 214 g/mol. The first-order valence-electron chi connectivity index (χ1n) is 6.47. The molecule has 2 heterocycles. The molecule has 0 aliphatic carbocycles. The second kappa shape index (κ2) is 4.78. The van der Waals surface area contributed by atoms with Gasteiger partial charge in [-0.1, -0.05) is 19.0 Å². The van der Waals surface area contributed by atoms with E-state index in [-0.39, 0.29) is 12.1 Å². The van der Waals surface area contributed by atoms with E-state index < -0.39 is 0 Å². The molecular formula is C13H23N3O. The van der Waals surface area contributed by atoms with Crippen molar-refractivity contribution in [1.29, 1.82) is 0 Å². The maximum atomic E-state index is 6.26. The second-order valence-corrected chi connectivity index (χ2v) is 5.54. The molecule has 1 aromatic rings. The molecule has 1 aromatic heterocycles. The first-order chi connectivity index (χ1) is 8.02. The van der Waals surface area contributed by atoms with Crippen LogP contribution >= 0.6 is 0 Å². The molecule has 0 radical (unpaired) electrons. The van der Waals surface area contributed by atoms with Crippen LogP contribution in [0.2, 0.25) is 0 Å². The number of rotatable bonds is 3. The third-order valence-corrected chi connectivity index (χ3v) is 3.64. The summed E-state index contributed by atoms with van der Waals surface area (Å²) >= 11 is 0. The van der Waals surface area contributed by atoms with Crippen LogP contribution in [0.15, 0.2) is 10.8 Å². The van der Waals surface area contributed by atoms with Crippen molar-refractivity contribution in [3.63, 3.8) is 0 Å². The normalized spacial score (nSPS) is 26.3. The van der Waals surface area contributed by atoms with E-state index in [1.165, 1.54) is 5.56 Å². The predicted molar refractivity (Wildman–Crippen MR) is 67.8 cm³/mol. The van der Waals surface area contributed by atoms with E-state index in [0.29, 0.717) is 12.0 Å². The molecule has 1 saturated heterocycles. The largest absolute Gasteiger partial charge is 0.364 e. The van der Waals surface area contributed by atoms with Crippen LogP contribution in [-0.2, 0) is 0 Å². The molecule has 1 aliphatic heterocycles. The fourth-order valence-corrected chi connectivity index (χ4v) is 2.74. The first-order valence-corrected chi connectivity index (χ1v) is 6.47. The average Bonchev–Trinajstić information content (AvgIpc) is 2.82. The van der Waals surface area contributed by atoms with Crippen molar-refractivity contribution in [2.75, 3.05) is 6.54 Å². The van der Waals surface area contributed by atoms with E-state index >= 15 is 0 Å². The minimum atomic E-state index is 0.189. The number of nitrogens with two attached hydrogens (primary N) is 1. The zero-order chi connectivity index (χ0) is 12.6. The molecule has 1 aliphatic rings. The van der Waals surface area contributed by atoms with E-state index in [0.717, 1.165) is 18.7 Å². The Kier molecular flexibility index (Phi) is 3.54. The summed E-state index contributed by atoms with van der Waals surface area (Å²) in [4.78, 5) is 2.45. The number of hydrogen-bond donors (Lipinski definition) is 1. The van der Waals surface area contributed by atoms with Gasteiger partial charge < -0.3 is 10.3 Å². The summed E-state index contributed by atoms with van der Waals surface area (Å²) in [7, 11) is 0. The Hall–Kier alpha value is -0.870. The van der Waals surface area contributed by atoms with Gasteiger partial charge in [0.05, 0.1) is 11.7 Å². The highest BCUT2D eigenvalue weighted by Crippen LogP contribution is 2.36. The molecule has 4 heteroatoms. The standard InChI is InChI=1S/C13H23N3O/c1-8(2)12-10(7-17-15-12)13-11(14)5-6-16(13)9(3)4/h7-9,11,13H,5-6,14H2,1-4H3. The van der Waals surface area contributed by atoms with Gasteiger partial charge in [0, 0.05) is 24.2 Å². The van der Waals surface area contributed by atoms with Crippen LogP contribution in [0, 0.1) is 0 Å². The van der Waals surface area contributed by atoms with Crippen molar-refractivity contribution in [3.8, 4) is 0 Å². The first kappa shape index (κ1) is 12.6. The molecule has 0 aromatic carbocycles. The fraction of sp³-hybridized carbons (Fsp3) is 0.769. The Bertz CT molecular complexity index is 372. The minimum absolute atomic E-state index is 0.189. The van der Waals surface area contributed by atoms with Gasteiger partial charge in [-0.2, -0.15) is 0 Å². The molecule has 2 unspecified atom stereocenters. The van der Waals surface area contributed by atoms with Crippen LogP contribution < -0.4 is 5.73 Å². The van der Waals surface area contributed by atoms with Crippen LogP contribution in [0.5, 0.6) is 0 Å². The summed E-state index contributed by atoms with van der Waals surface area (Å²) in [6.45, 7) is 9.77. The van der Waals surface area contributed by atoms with Gasteiger partial charge in [-0.15, -0.1) is 0 Å². The Morgan fingerprint density at radius 3 is 2.71 bits per heavy atom. The molecule has 2 atom stereocenters. The molecule has 2 N–H and O–H groups in total. The molecule has 1 fully saturated rings. The summed E-state index contributed by atoms with van der Waals surface area (Å²) in [5, 5.41) is 4.13. The Labute approximate surface area is 103 Å². The second-order valence-electron chi connectivity index (χ2n) is 5.54. The lowest BCUT2D eigenvalue weighted by Gasteiger charge is -2.30. The van der Waals surface area contributed by atoms with Crippen molar-refractivity contribution in [2.45, 2.75) is 58.2 Å². The van der Waals surface area contributed by atoms with Crippen molar-refractivity contribution in [2.24, 2.45) is 5.73 Å². The highest BCUT2D eigenvalue weighted by Gasteiger charge is 2.37. The number of hydrogen-bond acceptors (Lipinski definition) is 4. The molecule has 4 nitrogen and oxygen atoms in total. The van der Waals surface area contributed by atoms with Gasteiger partial charge in [-0.3, -0.25) is 4.90 Å². The topological polar surface area (TPSA) is 55.3 Å². The summed E-state index contributed by atoms with van der Waals surface area (Å²) < 4.78 is 5.16. The van der Waals surface area contributed by atoms with Crippen LogP contribution in [-0.4, -0.2) is 28.7 Å². The van der Waals surface area contributed by atoms with Crippen LogP contribution in [0.3, 0.4) is 0 Å². The SMILES string of the molecule is CC(C)c1nocc1C1C(N)CCN1C(C)C. The fourth-order valence-electron chi connectivity index (χ4n) is 2.74. The molecule has 17 heavy (non-hydrogen) atoms. The molecule has 0 saturated carbocycles. The summed E-state index contributed by atoms with van der Waals surface area (Å²) in [5.74, 6) is 0.380. The number of aromatic nitrogens is 1. The average molecular weight is 237 g/mol. The summed E-state index contributed by atoms with van der Waals surface area (Å²) in [5.41, 5.74) is 8.49. The van der Waals surface area contributed by atoms with Crippen LogP contribution in [0.4, 0.5) is 0 Å². The minimum Gasteiger partial charge on any atom is -0.364 e. The monoisotopic (exact) mass is 237 g/mol. The predicted octanol–water partition coefficient (Wildman–Crippen LogP) is 2.28. The van der Waals surface area contributed by atoms with Crippen molar-refractivity contribution < 1.29 is 4.52 Å². The highest BCUT2D eigenvalue weighted by molar-refractivity contribution is 5.25. The number of nitrogens with zero attached hydrogens (tertiary/aromatic N) is 2. The van der Waals surface area contributed by atoms with Gasteiger partial charge in [0.1, 0.15) is 6.26 Å². The quantitative estimate of drug-likeness (QED) is 0.876. The molecule has 2 rings (SSSR count). The van der Waals surface area contributed by atoms with E-state index in [4.69, 9.17) is 10.3 Å². The van der Waals surface area contributed by atoms with Gasteiger partial charge in [-0.25, -0.2) is 0 Å². The lowest BCUT2D eigenvalue weighted by Crippen LogP contribution is -2.36. The Morgan fingerprint density at radius 2 is 2.12 bits per heavy atom. The van der Waals surface area contributed by atoms with E-state index in [1.807, 2.05) is 0 Å². The van der Waals surface area contributed by atoms with Crippen molar-refractivity contribution in [1.82, 2.24) is 10.1 Å². The van der Waals surface area contributed by atoms with Crippen LogP contribution in [0.25, 0.3) is 0 Å². The van der Waals surface area contributed by atoms with E-state index in [9.17, 15) is 0 Å². The smallest absolute Gasteiger partial charge is 0.128 e. The van der Waals surface area contributed by atoms with Crippen molar-refractivity contribution >= 4 is 0 Å². The maximum Gasteiger partial charge on any atom is 0.128 e. The number of likely N-dealkylation sites (tertiary alicyclic amines) is 1. The van der Waals surface area contributed by atoms with E-state index in [1.54, 1.807) is 6.26 Å². The van der Waals surface area contributed by atoms with Gasteiger partial charge in [-0.05, 0) is 26.2 Å². The molecule has 0 amide bonds. The van der Waals surface area contributed by atoms with Gasteiger partial charge in [0.2, 0.25) is 0 Å². The lowest BCUT2D eigenvalue weighted by molar-refractivity contribution is 0.196. The summed E-state index contributed by atoms with van der Waals surface area (Å²) in [6, 6.07) is 0.955. The van der Waals surface area contributed by atoms with Gasteiger partial charge in [0.15, 0.2) is 0 Å². The van der Waals surface area contributed by atoms with Crippen molar-refractivity contribution in [3.05, 3.63) is 17.5 Å². The van der Waals surface area contributed by atoms with Gasteiger partial charge >= 0.3 is 0 Å². The zero-order valence-electron chi connectivity index (χ0n) is 11.2. The Balaban J connectivity index is 2.33. The third-order valence-electron chi connectivity index (χ3n) is 3.64. The molecule has 96 valence electrons. The molecule has 0 bridgehead atoms. The Morgan fingerprint density at radius 1 is 1.41 bits per heavy atom. The highest BCUT2D eigenvalue weighted by atomic mass is 16.5. The summed E-state index contributed by atoms with van der Waals surface area (Å²) in [6.07, 6.45) is 2.83. The lowest BCUT2D eigenvalue weighted by atomic mass is 9.96. The molecule has 0 spiro atoms. The maximum absolute atomic E-state index is 6.26. The third kappa shape index (κ3) is 2.24.